The minimum Gasteiger partial charge on any atom is -0.462 e. The van der Waals surface area contributed by atoms with Crippen molar-refractivity contribution in [2.24, 2.45) is 11.8 Å². The van der Waals surface area contributed by atoms with Gasteiger partial charge < -0.3 is 33.8 Å². The molecule has 0 aromatic heterocycles. The van der Waals surface area contributed by atoms with Crippen LogP contribution in [0.2, 0.25) is 0 Å². The predicted molar refractivity (Wildman–Crippen MR) is 441 cm³/mol. The molecular weight excluding hydrogens is 1390 g/mol. The van der Waals surface area contributed by atoms with E-state index in [1.165, 1.54) is 250 Å². The fourth-order valence-corrected chi connectivity index (χ4v) is 14.8. The zero-order valence-corrected chi connectivity index (χ0v) is 71.7. The number of esters is 4. The molecule has 107 heavy (non-hydrogen) atoms. The van der Waals surface area contributed by atoms with Crippen molar-refractivity contribution >= 4 is 39.5 Å². The Morgan fingerprint density at radius 1 is 0.290 bits per heavy atom. The van der Waals surface area contributed by atoms with Gasteiger partial charge in [-0.3, -0.25) is 37.3 Å². The molecule has 0 saturated carbocycles. The summed E-state index contributed by atoms with van der Waals surface area (Å²) in [6.45, 7) is 9.62. The summed E-state index contributed by atoms with van der Waals surface area (Å²) in [5.41, 5.74) is 0. The Balaban J connectivity index is 5.27. The Kier molecular flexibility index (Phi) is 77.0. The maximum Gasteiger partial charge on any atom is 0.472 e. The van der Waals surface area contributed by atoms with Gasteiger partial charge in [0, 0.05) is 25.7 Å². The number of unbranched alkanes of at least 4 members (excludes halogenated alkanes) is 52. The summed E-state index contributed by atoms with van der Waals surface area (Å²) < 4.78 is 68.9. The van der Waals surface area contributed by atoms with Crippen molar-refractivity contribution < 1.29 is 80.2 Å². The second kappa shape index (κ2) is 78.8. The van der Waals surface area contributed by atoms with Gasteiger partial charge in [0.2, 0.25) is 0 Å². The van der Waals surface area contributed by atoms with E-state index in [9.17, 15) is 43.2 Å². The number of aliphatic hydroxyl groups excluding tert-OH is 1. The minimum atomic E-state index is -4.97. The summed E-state index contributed by atoms with van der Waals surface area (Å²) >= 11 is 0. The number of hydrogen-bond acceptors (Lipinski definition) is 15. The molecule has 0 amide bonds. The van der Waals surface area contributed by atoms with Crippen LogP contribution in [0.4, 0.5) is 0 Å². The van der Waals surface area contributed by atoms with Crippen molar-refractivity contribution in [1.82, 2.24) is 0 Å². The third-order valence-electron chi connectivity index (χ3n) is 20.1. The number of rotatable bonds is 85. The first-order valence-electron chi connectivity index (χ1n) is 44.8. The molecule has 0 bridgehead atoms. The van der Waals surface area contributed by atoms with Crippen molar-refractivity contribution in [3.05, 3.63) is 24.3 Å². The van der Waals surface area contributed by atoms with Crippen LogP contribution in [0.15, 0.2) is 24.3 Å². The third-order valence-corrected chi connectivity index (χ3v) is 22.0. The summed E-state index contributed by atoms with van der Waals surface area (Å²) in [6, 6.07) is 0. The Hall–Kier alpha value is -2.46. The molecule has 632 valence electrons. The molecule has 0 rings (SSSR count). The molecule has 0 aliphatic heterocycles. The van der Waals surface area contributed by atoms with Crippen molar-refractivity contribution in [3.8, 4) is 0 Å². The SMILES string of the molecule is CCCCCC/C=C\C=C/CCCCCCCC(=O)O[C@H](COC(=O)CCCCCCCCCCCC(C)C)COP(=O)(O)OC[C@H](O)COP(=O)(O)OC[C@@H](COC(=O)CCCCCCCCCCCCCCCCCCC(C)C)OC(=O)CCCCCCCCCCCCCCCCCCCCCCC. The van der Waals surface area contributed by atoms with E-state index in [1.54, 1.807) is 0 Å². The minimum absolute atomic E-state index is 0.0850. The lowest BCUT2D eigenvalue weighted by Crippen LogP contribution is -2.30. The average Bonchev–Trinajstić information content (AvgIpc) is 0.905. The molecule has 0 saturated heterocycles. The van der Waals surface area contributed by atoms with Crippen molar-refractivity contribution in [3.63, 3.8) is 0 Å². The van der Waals surface area contributed by atoms with Gasteiger partial charge in [-0.2, -0.15) is 0 Å². The van der Waals surface area contributed by atoms with E-state index >= 15 is 0 Å². The number of allylic oxidation sites excluding steroid dienone is 4. The number of phosphoric acid groups is 2. The normalized spacial score (nSPS) is 13.9. The number of phosphoric ester groups is 2. The quantitative estimate of drug-likeness (QED) is 0.0169. The highest BCUT2D eigenvalue weighted by atomic mass is 31.2. The molecule has 0 aliphatic rings. The van der Waals surface area contributed by atoms with E-state index in [4.69, 9.17) is 37.0 Å². The lowest BCUT2D eigenvalue weighted by molar-refractivity contribution is -0.161. The average molecular weight is 1560 g/mol. The number of aliphatic hydroxyl groups is 1. The molecule has 0 fully saturated rings. The molecule has 0 spiro atoms. The maximum atomic E-state index is 13.2. The molecule has 0 heterocycles. The number of hydrogen-bond donors (Lipinski definition) is 3. The van der Waals surface area contributed by atoms with Gasteiger partial charge in [-0.15, -0.1) is 0 Å². The van der Waals surface area contributed by atoms with E-state index in [0.717, 1.165) is 115 Å². The fourth-order valence-electron chi connectivity index (χ4n) is 13.2. The van der Waals surface area contributed by atoms with Crippen molar-refractivity contribution in [2.75, 3.05) is 39.6 Å². The van der Waals surface area contributed by atoms with Crippen molar-refractivity contribution in [2.45, 2.75) is 464 Å². The van der Waals surface area contributed by atoms with Gasteiger partial charge in [0.15, 0.2) is 12.2 Å². The summed E-state index contributed by atoms with van der Waals surface area (Å²) in [5, 5.41) is 10.7. The van der Waals surface area contributed by atoms with Crippen LogP contribution in [-0.2, 0) is 65.4 Å². The first-order chi connectivity index (χ1) is 51.9. The smallest absolute Gasteiger partial charge is 0.462 e. The number of ether oxygens (including phenoxy) is 4. The Morgan fingerprint density at radius 2 is 0.505 bits per heavy atom. The molecule has 0 aliphatic carbocycles. The van der Waals surface area contributed by atoms with Crippen LogP contribution in [0, 0.1) is 11.8 Å². The predicted octanol–water partition coefficient (Wildman–Crippen LogP) is 26.6. The summed E-state index contributed by atoms with van der Waals surface area (Å²) in [5.74, 6) is -0.579. The molecule has 0 aromatic carbocycles. The van der Waals surface area contributed by atoms with Gasteiger partial charge >= 0.3 is 39.5 Å². The van der Waals surface area contributed by atoms with E-state index in [0.29, 0.717) is 25.7 Å². The monoisotopic (exact) mass is 1560 g/mol. The van der Waals surface area contributed by atoms with Crippen LogP contribution in [-0.4, -0.2) is 96.7 Å². The van der Waals surface area contributed by atoms with Crippen LogP contribution in [0.5, 0.6) is 0 Å². The summed E-state index contributed by atoms with van der Waals surface area (Å²) in [4.78, 5) is 73.3. The second-order valence-electron chi connectivity index (χ2n) is 31.9. The lowest BCUT2D eigenvalue weighted by Gasteiger charge is -2.21. The van der Waals surface area contributed by atoms with Crippen LogP contribution in [0.3, 0.4) is 0 Å². The van der Waals surface area contributed by atoms with Gasteiger partial charge in [0.05, 0.1) is 26.4 Å². The largest absolute Gasteiger partial charge is 0.472 e. The van der Waals surface area contributed by atoms with E-state index in [2.05, 4.69) is 65.8 Å². The second-order valence-corrected chi connectivity index (χ2v) is 34.8. The van der Waals surface area contributed by atoms with E-state index in [1.807, 2.05) is 0 Å². The van der Waals surface area contributed by atoms with Gasteiger partial charge in [-0.05, 0) is 63.2 Å². The van der Waals surface area contributed by atoms with Gasteiger partial charge in [-0.1, -0.05) is 393 Å². The molecule has 5 atom stereocenters. The van der Waals surface area contributed by atoms with Gasteiger partial charge in [-0.25, -0.2) is 9.13 Å². The maximum absolute atomic E-state index is 13.2. The van der Waals surface area contributed by atoms with E-state index < -0.39 is 97.5 Å². The van der Waals surface area contributed by atoms with Gasteiger partial charge in [0.25, 0.3) is 0 Å². The topological polar surface area (TPSA) is 237 Å². The molecule has 3 N–H and O–H groups in total. The number of carbonyl (C=O) groups is 4. The zero-order chi connectivity index (χ0) is 78.5. The summed E-state index contributed by atoms with van der Waals surface area (Å²) in [6.07, 6.45) is 74.5. The van der Waals surface area contributed by atoms with Gasteiger partial charge in [0.1, 0.15) is 19.3 Å². The first-order valence-corrected chi connectivity index (χ1v) is 47.8. The Morgan fingerprint density at radius 3 is 0.766 bits per heavy atom. The Labute approximate surface area is 656 Å². The molecule has 17 nitrogen and oxygen atoms in total. The highest BCUT2D eigenvalue weighted by Crippen LogP contribution is 2.45. The van der Waals surface area contributed by atoms with Crippen LogP contribution >= 0.6 is 15.6 Å². The lowest BCUT2D eigenvalue weighted by atomic mass is 10.0. The van der Waals surface area contributed by atoms with Crippen LogP contribution in [0.1, 0.15) is 446 Å². The summed E-state index contributed by atoms with van der Waals surface area (Å²) in [7, 11) is -9.94. The number of carbonyl (C=O) groups excluding carboxylic acids is 4. The Bertz CT molecular complexity index is 2140. The molecule has 19 heteroatoms. The first kappa shape index (κ1) is 105. The molecule has 0 radical (unpaired) electrons. The molecule has 2 unspecified atom stereocenters. The van der Waals surface area contributed by atoms with E-state index in [-0.39, 0.29) is 25.7 Å². The van der Waals surface area contributed by atoms with Crippen molar-refractivity contribution in [1.29, 1.82) is 0 Å². The highest BCUT2D eigenvalue weighted by molar-refractivity contribution is 7.47. The van der Waals surface area contributed by atoms with Crippen LogP contribution < -0.4 is 0 Å². The highest BCUT2D eigenvalue weighted by Gasteiger charge is 2.30. The third kappa shape index (κ3) is 81.4. The van der Waals surface area contributed by atoms with Crippen LogP contribution in [0.25, 0.3) is 0 Å². The standard InChI is InChI=1S/C88H168O17P2/c1-7-9-11-13-15-17-19-21-23-24-25-26-27-28-34-38-42-48-55-61-67-73-88(93)104-83(76-98-85(90)70-64-58-52-46-40-36-33-30-29-32-35-39-44-50-56-62-68-80(3)4)78-102-106(94,95)100-74-82(89)75-101-107(96,97)103-79-84(77-99-86(91)71-65-59-53-49-43-45-51-57-63-69-81(5)6)105-87(92)72-66-60-54-47-41-37-31-22-20-18-16-14-12-10-8-2/h18,20,22,31,80-84,89H,7-17,19,21,23-30,32-79H2,1-6H3,(H,94,95)(H,96,97)/b20-18-,31-22-/t82-,83-,84-/m1/s1. The fraction of sp³-hybridized carbons (Fsp3) is 0.909. The molecule has 0 aromatic rings. The zero-order valence-electron chi connectivity index (χ0n) is 69.9. The molecular formula is C88H168O17P2.